The molecule has 0 radical (unpaired) electrons. The Labute approximate surface area is 191 Å². The fourth-order valence-corrected chi connectivity index (χ4v) is 4.43. The summed E-state index contributed by atoms with van der Waals surface area (Å²) < 4.78 is 5.41. The quantitative estimate of drug-likeness (QED) is 0.545. The van der Waals surface area contributed by atoms with Crippen LogP contribution in [0.2, 0.25) is 10.0 Å². The van der Waals surface area contributed by atoms with Crippen LogP contribution in [0, 0.1) is 19.8 Å². The van der Waals surface area contributed by atoms with Crippen LogP contribution in [-0.4, -0.2) is 34.0 Å². The number of anilines is 1. The molecular weight excluding hydrogens is 435 g/mol. The minimum absolute atomic E-state index is 0.00295. The number of piperidine rings is 1. The van der Waals surface area contributed by atoms with Gasteiger partial charge in [-0.25, -0.2) is 0 Å². The summed E-state index contributed by atoms with van der Waals surface area (Å²) in [4.78, 5) is 19.4. The maximum absolute atomic E-state index is 12.7. The van der Waals surface area contributed by atoms with Crippen LogP contribution in [0.4, 0.5) is 5.69 Å². The molecule has 1 aromatic heterocycles. The van der Waals surface area contributed by atoms with Crippen molar-refractivity contribution in [2.75, 3.05) is 18.4 Å². The zero-order valence-electron chi connectivity index (χ0n) is 17.5. The van der Waals surface area contributed by atoms with Gasteiger partial charge in [0.25, 0.3) is 0 Å². The van der Waals surface area contributed by atoms with Crippen molar-refractivity contribution in [1.82, 2.24) is 15.0 Å². The third-order valence-corrected chi connectivity index (χ3v) is 5.99. The lowest BCUT2D eigenvalue weighted by Gasteiger charge is -2.30. The molecule has 1 saturated heterocycles. The van der Waals surface area contributed by atoms with Crippen molar-refractivity contribution in [1.29, 1.82) is 0 Å². The van der Waals surface area contributed by atoms with Crippen LogP contribution in [0.3, 0.4) is 0 Å². The van der Waals surface area contributed by atoms with Crippen LogP contribution in [-0.2, 0) is 11.3 Å². The molecule has 3 aromatic rings. The van der Waals surface area contributed by atoms with Crippen molar-refractivity contribution in [3.63, 3.8) is 0 Å². The predicted octanol–water partition coefficient (Wildman–Crippen LogP) is 5.51. The maximum Gasteiger partial charge on any atom is 0.241 e. The van der Waals surface area contributed by atoms with Gasteiger partial charge in [-0.2, -0.15) is 4.98 Å². The van der Waals surface area contributed by atoms with Crippen LogP contribution in [0.15, 0.2) is 40.9 Å². The third kappa shape index (κ3) is 5.45. The number of aromatic nitrogens is 2. The fourth-order valence-electron chi connectivity index (χ4n) is 3.94. The molecule has 0 atom stereocenters. The van der Waals surface area contributed by atoms with Crippen LogP contribution in [0.1, 0.15) is 29.9 Å². The Morgan fingerprint density at radius 3 is 2.52 bits per heavy atom. The molecule has 0 spiro atoms. The molecule has 2 heterocycles. The second kappa shape index (κ2) is 9.39. The van der Waals surface area contributed by atoms with E-state index in [1.165, 1.54) is 0 Å². The summed E-state index contributed by atoms with van der Waals surface area (Å²) in [5.41, 5.74) is 3.83. The monoisotopic (exact) mass is 458 g/mol. The van der Waals surface area contributed by atoms with E-state index >= 15 is 0 Å². The Hall–Kier alpha value is -2.41. The summed E-state index contributed by atoms with van der Waals surface area (Å²) in [6.45, 7) is 6.20. The molecule has 0 unspecified atom stereocenters. The molecule has 0 aliphatic carbocycles. The van der Waals surface area contributed by atoms with Gasteiger partial charge >= 0.3 is 0 Å². The van der Waals surface area contributed by atoms with Crippen LogP contribution in [0.5, 0.6) is 0 Å². The highest BCUT2D eigenvalue weighted by Crippen LogP contribution is 2.29. The lowest BCUT2D eigenvalue weighted by atomic mass is 9.95. The third-order valence-electron chi connectivity index (χ3n) is 5.45. The molecule has 1 N–H and O–H groups in total. The average molecular weight is 459 g/mol. The number of carbonyl (C=O) groups excluding carboxylic acids is 1. The smallest absolute Gasteiger partial charge is 0.241 e. The van der Waals surface area contributed by atoms with Gasteiger partial charge in [0.1, 0.15) is 0 Å². The van der Waals surface area contributed by atoms with Gasteiger partial charge in [-0.05, 0) is 81.2 Å². The average Bonchev–Trinajstić information content (AvgIpc) is 3.15. The predicted molar refractivity (Wildman–Crippen MR) is 122 cm³/mol. The number of carbonyl (C=O) groups is 1. The Morgan fingerprint density at radius 2 is 1.84 bits per heavy atom. The fraction of sp³-hybridized carbons (Fsp3) is 0.348. The van der Waals surface area contributed by atoms with E-state index in [0.29, 0.717) is 33.9 Å². The molecule has 1 aliphatic heterocycles. The van der Waals surface area contributed by atoms with Crippen molar-refractivity contribution < 1.29 is 9.32 Å². The molecule has 31 heavy (non-hydrogen) atoms. The van der Waals surface area contributed by atoms with Gasteiger partial charge in [0.15, 0.2) is 0 Å². The number of hydrogen-bond donors (Lipinski definition) is 1. The lowest BCUT2D eigenvalue weighted by molar-refractivity contribution is -0.121. The molecule has 4 rings (SSSR count). The van der Waals surface area contributed by atoms with Gasteiger partial charge < -0.3 is 9.84 Å². The molecule has 0 saturated carbocycles. The van der Waals surface area contributed by atoms with Crippen LogP contribution < -0.4 is 5.32 Å². The zero-order chi connectivity index (χ0) is 22.0. The van der Waals surface area contributed by atoms with E-state index in [1.54, 1.807) is 18.2 Å². The molecule has 6 nitrogen and oxygen atoms in total. The first kappa shape index (κ1) is 21.8. The van der Waals surface area contributed by atoms with E-state index in [-0.39, 0.29) is 11.8 Å². The van der Waals surface area contributed by atoms with Crippen LogP contribution >= 0.6 is 23.2 Å². The first-order chi connectivity index (χ1) is 14.9. The molecule has 162 valence electrons. The summed E-state index contributed by atoms with van der Waals surface area (Å²) in [6.07, 6.45) is 1.58. The van der Waals surface area contributed by atoms with Gasteiger partial charge in [-0.15, -0.1) is 0 Å². The summed E-state index contributed by atoms with van der Waals surface area (Å²) in [5.74, 6) is 1.06. The van der Waals surface area contributed by atoms with Crippen molar-refractivity contribution in [2.24, 2.45) is 5.92 Å². The Bertz CT molecular complexity index is 1070. The largest absolute Gasteiger partial charge is 0.338 e. The van der Waals surface area contributed by atoms with Gasteiger partial charge in [-0.1, -0.05) is 34.4 Å². The Balaban J connectivity index is 1.31. The Morgan fingerprint density at radius 1 is 1.13 bits per heavy atom. The van der Waals surface area contributed by atoms with Gasteiger partial charge in [-0.3, -0.25) is 9.69 Å². The second-order valence-electron chi connectivity index (χ2n) is 8.05. The number of benzene rings is 2. The van der Waals surface area contributed by atoms with Gasteiger partial charge in [0.05, 0.1) is 11.6 Å². The molecule has 2 aromatic carbocycles. The van der Waals surface area contributed by atoms with E-state index in [1.807, 2.05) is 26.0 Å². The zero-order valence-corrected chi connectivity index (χ0v) is 19.0. The molecule has 8 heteroatoms. The first-order valence-corrected chi connectivity index (χ1v) is 11.0. The number of halogens is 2. The normalized spacial score (nSPS) is 15.2. The van der Waals surface area contributed by atoms with Crippen molar-refractivity contribution in [3.8, 4) is 11.4 Å². The number of aryl methyl sites for hydroxylation is 2. The van der Waals surface area contributed by atoms with E-state index in [0.717, 1.165) is 42.7 Å². The standard InChI is InChI=1S/C23H24Cl2N4O2/c1-14-9-15(2)11-18(10-14)26-23(30)16-5-7-29(8-6-16)13-21-27-22(28-31-21)19-4-3-17(24)12-20(19)25/h3-4,9-12,16H,5-8,13H2,1-2H3,(H,26,30). The van der Waals surface area contributed by atoms with Crippen LogP contribution in [0.25, 0.3) is 11.4 Å². The molecule has 1 aliphatic rings. The number of nitrogens with zero attached hydrogens (tertiary/aromatic N) is 3. The number of rotatable bonds is 5. The number of likely N-dealkylation sites (tertiary alicyclic amines) is 1. The molecule has 1 amide bonds. The van der Waals surface area contributed by atoms with E-state index in [4.69, 9.17) is 27.7 Å². The van der Waals surface area contributed by atoms with Crippen molar-refractivity contribution in [3.05, 3.63) is 63.5 Å². The highest BCUT2D eigenvalue weighted by Gasteiger charge is 2.26. The lowest BCUT2D eigenvalue weighted by Crippen LogP contribution is -2.37. The van der Waals surface area contributed by atoms with Gasteiger partial charge in [0, 0.05) is 22.2 Å². The van der Waals surface area contributed by atoms with E-state index in [2.05, 4.69) is 26.4 Å². The van der Waals surface area contributed by atoms with E-state index < -0.39 is 0 Å². The van der Waals surface area contributed by atoms with E-state index in [9.17, 15) is 4.79 Å². The SMILES string of the molecule is Cc1cc(C)cc(NC(=O)C2CCN(Cc3nc(-c4ccc(Cl)cc4Cl)no3)CC2)c1. The first-order valence-electron chi connectivity index (χ1n) is 10.3. The summed E-state index contributed by atoms with van der Waals surface area (Å²) in [7, 11) is 0. The molecule has 0 bridgehead atoms. The summed E-state index contributed by atoms with van der Waals surface area (Å²) in [6, 6.07) is 11.3. The maximum atomic E-state index is 12.7. The molecular formula is C23H24Cl2N4O2. The summed E-state index contributed by atoms with van der Waals surface area (Å²) >= 11 is 12.2. The van der Waals surface area contributed by atoms with Crippen molar-refractivity contribution >= 4 is 34.8 Å². The minimum atomic E-state index is 0.00295. The number of nitrogens with one attached hydrogen (secondary N) is 1. The number of amides is 1. The second-order valence-corrected chi connectivity index (χ2v) is 8.90. The minimum Gasteiger partial charge on any atom is -0.338 e. The highest BCUT2D eigenvalue weighted by molar-refractivity contribution is 6.36. The number of hydrogen-bond acceptors (Lipinski definition) is 5. The molecule has 1 fully saturated rings. The van der Waals surface area contributed by atoms with Gasteiger partial charge in [0.2, 0.25) is 17.6 Å². The summed E-state index contributed by atoms with van der Waals surface area (Å²) in [5, 5.41) is 8.15. The highest BCUT2D eigenvalue weighted by atomic mass is 35.5. The topological polar surface area (TPSA) is 71.3 Å². The van der Waals surface area contributed by atoms with Crippen molar-refractivity contribution in [2.45, 2.75) is 33.2 Å². The Kier molecular flexibility index (Phi) is 6.60.